The van der Waals surface area contributed by atoms with E-state index in [1.807, 2.05) is 0 Å². The Hall–Kier alpha value is -3.46. The normalized spacial score (nSPS) is 12.5. The second-order valence-corrected chi connectivity index (χ2v) is 5.84. The van der Waals surface area contributed by atoms with Crippen molar-refractivity contribution in [3.63, 3.8) is 0 Å². The van der Waals surface area contributed by atoms with Gasteiger partial charge < -0.3 is 26.7 Å². The van der Waals surface area contributed by atoms with Gasteiger partial charge in [-0.2, -0.15) is 0 Å². The number of hydrogen-bond acceptors (Lipinski definition) is 7. The van der Waals surface area contributed by atoms with Gasteiger partial charge in [0.05, 0.1) is 16.3 Å². The molecule has 1 heterocycles. The molecule has 26 heavy (non-hydrogen) atoms. The smallest absolute Gasteiger partial charge is 0.337 e. The minimum Gasteiger partial charge on any atom is -0.507 e. The second kappa shape index (κ2) is 6.12. The van der Waals surface area contributed by atoms with Crippen LogP contribution in [0.15, 0.2) is 21.7 Å². The summed E-state index contributed by atoms with van der Waals surface area (Å²) in [6.07, 6.45) is 0.236. The van der Waals surface area contributed by atoms with E-state index in [1.165, 1.54) is 6.92 Å². The van der Waals surface area contributed by atoms with Gasteiger partial charge in [-0.15, -0.1) is 0 Å². The number of fused-ring (bicyclic) bond motifs is 2. The predicted molar refractivity (Wildman–Crippen MR) is 96.0 cm³/mol. The highest BCUT2D eigenvalue weighted by atomic mass is 16.4. The van der Waals surface area contributed by atoms with Gasteiger partial charge in [-0.05, 0) is 32.0 Å². The molecule has 0 aliphatic heterocycles. The summed E-state index contributed by atoms with van der Waals surface area (Å²) in [6, 6.07) is 2.22. The molecule has 0 saturated heterocycles. The number of H-pyrrole nitrogens is 1. The first kappa shape index (κ1) is 17.4. The molecule has 0 aliphatic rings. The van der Waals surface area contributed by atoms with E-state index in [9.17, 15) is 24.6 Å². The molecule has 9 nitrogen and oxygen atoms in total. The zero-order chi connectivity index (χ0) is 19.2. The fourth-order valence-electron chi connectivity index (χ4n) is 2.86. The average Bonchev–Trinajstić information content (AvgIpc) is 2.59. The van der Waals surface area contributed by atoms with Crippen LogP contribution in [0.1, 0.15) is 22.3 Å². The number of nitrogens with two attached hydrogens (primary N) is 2. The van der Waals surface area contributed by atoms with Crippen LogP contribution in [0.2, 0.25) is 0 Å². The van der Waals surface area contributed by atoms with Crippen LogP contribution in [0.5, 0.6) is 5.75 Å². The first-order chi connectivity index (χ1) is 12.3. The largest absolute Gasteiger partial charge is 0.507 e. The molecule has 0 bridgehead atoms. The first-order valence-corrected chi connectivity index (χ1v) is 7.72. The van der Waals surface area contributed by atoms with Gasteiger partial charge in [0.1, 0.15) is 22.3 Å². The lowest BCUT2D eigenvalue weighted by Gasteiger charge is -2.09. The predicted octanol–water partition coefficient (Wildman–Crippen LogP) is -0.717. The molecule has 0 saturated carbocycles. The van der Waals surface area contributed by atoms with Gasteiger partial charge in [0, 0.05) is 11.3 Å². The lowest BCUT2D eigenvalue weighted by molar-refractivity contribution is 0.0699. The van der Waals surface area contributed by atoms with Crippen molar-refractivity contribution in [2.24, 2.45) is 11.5 Å². The first-order valence-electron chi connectivity index (χ1n) is 7.72. The molecule has 0 atom stereocenters. The fourth-order valence-corrected chi connectivity index (χ4v) is 2.86. The third-order valence-electron chi connectivity index (χ3n) is 4.21. The number of carbonyl (C=O) groups is 1. The number of phenolic OH excluding ortho intramolecular Hbond substituents is 1. The van der Waals surface area contributed by atoms with Gasteiger partial charge in [-0.1, -0.05) is 0 Å². The number of carboxylic acids is 1. The summed E-state index contributed by atoms with van der Waals surface area (Å²) in [7, 11) is 0. The number of aromatic hydroxyl groups is 1. The number of carboxylic acid groups (broad SMARTS) is 1. The lowest BCUT2D eigenvalue weighted by atomic mass is 10.1. The molecular weight excluding hydrogens is 340 g/mol. The summed E-state index contributed by atoms with van der Waals surface area (Å²) in [5.41, 5.74) is 10.2. The van der Waals surface area contributed by atoms with Crippen molar-refractivity contribution in [1.29, 1.82) is 0 Å². The van der Waals surface area contributed by atoms with E-state index in [4.69, 9.17) is 11.5 Å². The Morgan fingerprint density at radius 1 is 1.23 bits per heavy atom. The molecule has 0 radical (unpaired) electrons. The van der Waals surface area contributed by atoms with E-state index in [2.05, 4.69) is 9.97 Å². The van der Waals surface area contributed by atoms with Crippen molar-refractivity contribution < 1.29 is 15.0 Å². The standard InChI is InChI=1S/C17H16N4O5/c1-6-15(23)10(8(19)4-5-18)13-14(16(6)24)20-11-7(17(25)26)2-3-9(22)12(11)21-13/h2-3,20,23H,4-5,18-19H2,1H3,(H,25,26). The van der Waals surface area contributed by atoms with Gasteiger partial charge in [-0.25, -0.2) is 9.78 Å². The molecule has 9 heteroatoms. The van der Waals surface area contributed by atoms with Crippen LogP contribution in [0.4, 0.5) is 0 Å². The Morgan fingerprint density at radius 3 is 2.54 bits per heavy atom. The summed E-state index contributed by atoms with van der Waals surface area (Å²) in [4.78, 5) is 43.0. The Balaban J connectivity index is 2.69. The number of rotatable bonds is 3. The molecular formula is C17H16N4O5. The summed E-state index contributed by atoms with van der Waals surface area (Å²) in [5, 5.41) is 19.8. The van der Waals surface area contributed by atoms with Crippen LogP contribution in [-0.4, -0.2) is 32.7 Å². The fraction of sp³-hybridized carbons (Fsp3) is 0.176. The van der Waals surface area contributed by atoms with E-state index < -0.39 is 16.8 Å². The lowest BCUT2D eigenvalue weighted by Crippen LogP contribution is -2.24. The quantitative estimate of drug-likeness (QED) is 0.382. The average molecular weight is 356 g/mol. The number of aromatic nitrogens is 2. The molecule has 0 amide bonds. The van der Waals surface area contributed by atoms with E-state index >= 15 is 0 Å². The number of aromatic carboxylic acids is 1. The molecule has 0 unspecified atom stereocenters. The number of hydrogen-bond donors (Lipinski definition) is 5. The summed E-state index contributed by atoms with van der Waals surface area (Å²) in [5.74, 6) is -1.61. The molecule has 3 rings (SSSR count). The highest BCUT2D eigenvalue weighted by molar-refractivity contribution is 6.02. The maximum atomic E-state index is 12.6. The zero-order valence-corrected chi connectivity index (χ0v) is 13.8. The second-order valence-electron chi connectivity index (χ2n) is 5.84. The molecule has 0 spiro atoms. The van der Waals surface area contributed by atoms with E-state index in [-0.39, 0.29) is 62.8 Å². The van der Waals surface area contributed by atoms with Gasteiger partial charge in [-0.3, -0.25) is 9.59 Å². The van der Waals surface area contributed by atoms with Crippen LogP contribution < -0.4 is 27.5 Å². The molecule has 1 aromatic heterocycles. The van der Waals surface area contributed by atoms with E-state index in [1.54, 1.807) is 0 Å². The molecule has 0 aliphatic carbocycles. The third kappa shape index (κ3) is 2.45. The number of nitrogens with one attached hydrogen (secondary N) is 1. The third-order valence-corrected chi connectivity index (χ3v) is 4.21. The maximum Gasteiger partial charge on any atom is 0.337 e. The van der Waals surface area contributed by atoms with Crippen LogP contribution in [0, 0.1) is 6.92 Å². The minimum atomic E-state index is -1.27. The van der Waals surface area contributed by atoms with Crippen molar-refractivity contribution in [1.82, 2.24) is 9.97 Å². The van der Waals surface area contributed by atoms with Crippen LogP contribution in [0.25, 0.3) is 27.8 Å². The Bertz CT molecular complexity index is 1250. The van der Waals surface area contributed by atoms with E-state index in [0.717, 1.165) is 12.1 Å². The maximum absolute atomic E-state index is 12.6. The van der Waals surface area contributed by atoms with Crippen LogP contribution in [-0.2, 0) is 0 Å². The number of phenols is 1. The Labute approximate surface area is 145 Å². The molecule has 0 fully saturated rings. The van der Waals surface area contributed by atoms with Crippen LogP contribution >= 0.6 is 0 Å². The van der Waals surface area contributed by atoms with Gasteiger partial charge in [0.15, 0.2) is 0 Å². The Morgan fingerprint density at radius 2 is 1.92 bits per heavy atom. The van der Waals surface area contributed by atoms with Crippen molar-refractivity contribution in [3.05, 3.63) is 48.9 Å². The molecule has 134 valence electrons. The Kier molecular flexibility index (Phi) is 4.09. The van der Waals surface area contributed by atoms with Crippen LogP contribution in [0.3, 0.4) is 0 Å². The highest BCUT2D eigenvalue weighted by Gasteiger charge is 2.18. The zero-order valence-electron chi connectivity index (χ0n) is 13.8. The SMILES string of the molecule is Cc1c(O)c(=C(N)CCN)c2nc3c(=O)ccc(C(=O)O)c3[nH]c2c1=O. The van der Waals surface area contributed by atoms with Crippen molar-refractivity contribution in [2.45, 2.75) is 13.3 Å². The topological polar surface area (TPSA) is 172 Å². The van der Waals surface area contributed by atoms with E-state index in [0.29, 0.717) is 0 Å². The van der Waals surface area contributed by atoms with Crippen molar-refractivity contribution in [2.75, 3.05) is 6.54 Å². The summed E-state index contributed by atoms with van der Waals surface area (Å²) in [6.45, 7) is 1.62. The highest BCUT2D eigenvalue weighted by Crippen LogP contribution is 2.18. The molecule has 7 N–H and O–H groups in total. The number of nitrogens with zero attached hydrogens (tertiary/aromatic N) is 1. The minimum absolute atomic E-state index is 0.00353. The number of benzene rings is 2. The summed E-state index contributed by atoms with van der Waals surface area (Å²) < 4.78 is 0. The van der Waals surface area contributed by atoms with Crippen molar-refractivity contribution in [3.8, 4) is 5.75 Å². The van der Waals surface area contributed by atoms with Gasteiger partial charge in [0.25, 0.3) is 0 Å². The van der Waals surface area contributed by atoms with Crippen molar-refractivity contribution >= 4 is 33.7 Å². The van der Waals surface area contributed by atoms with Gasteiger partial charge in [0.2, 0.25) is 10.9 Å². The van der Waals surface area contributed by atoms with Gasteiger partial charge >= 0.3 is 5.97 Å². The number of aromatic amines is 1. The monoisotopic (exact) mass is 356 g/mol. The summed E-state index contributed by atoms with van der Waals surface area (Å²) >= 11 is 0. The molecule has 2 aromatic carbocycles. The molecule has 3 aromatic rings.